The zero-order valence-electron chi connectivity index (χ0n) is 12.1. The Hall–Kier alpha value is -2.27. The Balaban J connectivity index is 2.04. The molecule has 23 heavy (non-hydrogen) atoms. The van der Waals surface area contributed by atoms with Crippen LogP contribution in [-0.4, -0.2) is 4.98 Å². The highest BCUT2D eigenvalue weighted by molar-refractivity contribution is 6.32. The summed E-state index contributed by atoms with van der Waals surface area (Å²) in [7, 11) is 0. The van der Waals surface area contributed by atoms with Gasteiger partial charge in [-0.25, -0.2) is 0 Å². The van der Waals surface area contributed by atoms with Crippen molar-refractivity contribution in [1.29, 1.82) is 0 Å². The number of nitrogens with one attached hydrogen (secondary N) is 1. The first-order valence-corrected chi connectivity index (χ1v) is 7.22. The number of fused-ring (bicyclic) bond motifs is 1. The summed E-state index contributed by atoms with van der Waals surface area (Å²) >= 11 is 6.09. The minimum absolute atomic E-state index is 0.361. The van der Waals surface area contributed by atoms with E-state index in [4.69, 9.17) is 11.6 Å². The summed E-state index contributed by atoms with van der Waals surface area (Å²) in [5.41, 5.74) is 1.89. The molecule has 0 aliphatic heterocycles. The molecule has 0 saturated carbocycles. The van der Waals surface area contributed by atoms with Crippen LogP contribution >= 0.6 is 11.6 Å². The van der Waals surface area contributed by atoms with Crippen LogP contribution in [0.5, 0.6) is 0 Å². The summed E-state index contributed by atoms with van der Waals surface area (Å²) in [5.74, 6) is 0. The van der Waals surface area contributed by atoms with E-state index in [0.29, 0.717) is 16.4 Å². The first-order chi connectivity index (χ1) is 10.9. The molecule has 0 fully saturated rings. The molecule has 3 rings (SSSR count). The van der Waals surface area contributed by atoms with Gasteiger partial charge in [0.1, 0.15) is 0 Å². The molecule has 0 bridgehead atoms. The van der Waals surface area contributed by atoms with Crippen LogP contribution in [0.4, 0.5) is 24.5 Å². The highest BCUT2D eigenvalue weighted by Gasteiger charge is 2.30. The van der Waals surface area contributed by atoms with Gasteiger partial charge in [-0.3, -0.25) is 4.98 Å². The Morgan fingerprint density at radius 3 is 2.61 bits per heavy atom. The zero-order chi connectivity index (χ0) is 16.6. The molecular weight excluding hydrogens is 325 g/mol. The number of pyridine rings is 1. The van der Waals surface area contributed by atoms with Crippen molar-refractivity contribution < 1.29 is 13.2 Å². The van der Waals surface area contributed by atoms with Crippen LogP contribution in [0.2, 0.25) is 5.02 Å². The number of aryl methyl sites for hydroxylation is 1. The van der Waals surface area contributed by atoms with Gasteiger partial charge >= 0.3 is 6.18 Å². The fourth-order valence-corrected chi connectivity index (χ4v) is 2.53. The van der Waals surface area contributed by atoms with Gasteiger partial charge in [-0.05, 0) is 48.9 Å². The molecule has 3 aromatic rings. The van der Waals surface area contributed by atoms with Gasteiger partial charge in [0.25, 0.3) is 0 Å². The summed E-state index contributed by atoms with van der Waals surface area (Å²) in [6.07, 6.45) is -2.77. The van der Waals surface area contributed by atoms with Crippen molar-refractivity contribution >= 4 is 33.9 Å². The van der Waals surface area contributed by atoms with Crippen LogP contribution in [0.25, 0.3) is 10.9 Å². The Bertz CT molecular complexity index is 875. The number of alkyl halides is 3. The number of anilines is 2. The topological polar surface area (TPSA) is 24.9 Å². The van der Waals surface area contributed by atoms with E-state index < -0.39 is 11.7 Å². The van der Waals surface area contributed by atoms with Gasteiger partial charge in [0.2, 0.25) is 0 Å². The second-order valence-electron chi connectivity index (χ2n) is 5.13. The van der Waals surface area contributed by atoms with Gasteiger partial charge in [-0.15, -0.1) is 0 Å². The summed E-state index contributed by atoms with van der Waals surface area (Å²) in [6, 6.07) is 10.3. The normalized spacial score (nSPS) is 11.7. The third kappa shape index (κ3) is 3.10. The average Bonchev–Trinajstić information content (AvgIpc) is 2.51. The van der Waals surface area contributed by atoms with Crippen molar-refractivity contribution in [2.45, 2.75) is 13.1 Å². The van der Waals surface area contributed by atoms with E-state index in [0.717, 1.165) is 28.6 Å². The highest BCUT2D eigenvalue weighted by Crippen LogP contribution is 2.33. The molecule has 0 spiro atoms. The maximum Gasteiger partial charge on any atom is 0.416 e. The zero-order valence-corrected chi connectivity index (χ0v) is 12.8. The van der Waals surface area contributed by atoms with Crippen LogP contribution in [0.3, 0.4) is 0 Å². The number of rotatable bonds is 2. The van der Waals surface area contributed by atoms with E-state index in [9.17, 15) is 13.2 Å². The van der Waals surface area contributed by atoms with E-state index in [1.54, 1.807) is 30.5 Å². The molecule has 0 atom stereocenters. The fraction of sp³-hybridized carbons (Fsp3) is 0.118. The number of nitrogens with zero attached hydrogens (tertiary/aromatic N) is 1. The van der Waals surface area contributed by atoms with Crippen molar-refractivity contribution in [1.82, 2.24) is 4.98 Å². The van der Waals surface area contributed by atoms with Crippen molar-refractivity contribution in [3.63, 3.8) is 0 Å². The second-order valence-corrected chi connectivity index (χ2v) is 5.54. The van der Waals surface area contributed by atoms with E-state index in [-0.39, 0.29) is 0 Å². The molecule has 0 saturated heterocycles. The van der Waals surface area contributed by atoms with Crippen molar-refractivity contribution in [3.05, 3.63) is 64.8 Å². The average molecular weight is 337 g/mol. The van der Waals surface area contributed by atoms with Crippen LogP contribution in [0.15, 0.2) is 48.7 Å². The Kier molecular flexibility index (Phi) is 3.90. The minimum Gasteiger partial charge on any atom is -0.355 e. The van der Waals surface area contributed by atoms with Crippen LogP contribution in [0.1, 0.15) is 11.1 Å². The van der Waals surface area contributed by atoms with Gasteiger partial charge in [-0.1, -0.05) is 17.7 Å². The molecule has 0 aliphatic carbocycles. The van der Waals surface area contributed by atoms with Crippen LogP contribution < -0.4 is 5.32 Å². The molecule has 0 radical (unpaired) electrons. The molecule has 1 N–H and O–H groups in total. The Labute approximate surface area is 135 Å². The van der Waals surface area contributed by atoms with Gasteiger partial charge in [-0.2, -0.15) is 13.2 Å². The lowest BCUT2D eigenvalue weighted by Gasteiger charge is -2.13. The third-order valence-electron chi connectivity index (χ3n) is 3.57. The summed E-state index contributed by atoms with van der Waals surface area (Å²) < 4.78 is 38.4. The van der Waals surface area contributed by atoms with E-state index in [2.05, 4.69) is 10.3 Å². The summed E-state index contributed by atoms with van der Waals surface area (Å²) in [5, 5.41) is 4.42. The van der Waals surface area contributed by atoms with Crippen LogP contribution in [-0.2, 0) is 6.18 Å². The lowest BCUT2D eigenvalue weighted by atomic mass is 10.1. The fourth-order valence-electron chi connectivity index (χ4n) is 2.37. The molecule has 1 aromatic heterocycles. The lowest BCUT2D eigenvalue weighted by Crippen LogP contribution is -2.05. The minimum atomic E-state index is -4.37. The molecule has 1 heterocycles. The molecule has 118 valence electrons. The quantitative estimate of drug-likeness (QED) is 0.624. The molecule has 2 aromatic carbocycles. The van der Waals surface area contributed by atoms with Crippen molar-refractivity contribution in [2.75, 3.05) is 5.32 Å². The van der Waals surface area contributed by atoms with Crippen molar-refractivity contribution in [3.8, 4) is 0 Å². The van der Waals surface area contributed by atoms with Crippen molar-refractivity contribution in [2.24, 2.45) is 0 Å². The number of aromatic nitrogens is 1. The number of benzene rings is 2. The largest absolute Gasteiger partial charge is 0.416 e. The van der Waals surface area contributed by atoms with E-state index >= 15 is 0 Å². The molecule has 0 aliphatic rings. The first kappa shape index (κ1) is 15.6. The number of halogens is 4. The van der Waals surface area contributed by atoms with Gasteiger partial charge in [0, 0.05) is 28.0 Å². The molecule has 6 heteroatoms. The molecule has 2 nitrogen and oxygen atoms in total. The standard InChI is InChI=1S/C17H12ClF3N2/c1-10-14(18)6-5-13-15(7-8-22-16(10)13)23-12-4-2-3-11(9-12)17(19,20)21/h2-9H,1H3,(H,22,23). The SMILES string of the molecule is Cc1c(Cl)ccc2c(Nc3cccc(C(F)(F)F)c3)ccnc12. The number of hydrogen-bond acceptors (Lipinski definition) is 2. The molecular formula is C17H12ClF3N2. The van der Waals surface area contributed by atoms with Crippen LogP contribution in [0, 0.1) is 6.92 Å². The molecule has 0 amide bonds. The van der Waals surface area contributed by atoms with E-state index in [1.165, 1.54) is 6.07 Å². The second kappa shape index (κ2) is 5.74. The predicted molar refractivity (Wildman–Crippen MR) is 86.2 cm³/mol. The maximum atomic E-state index is 12.8. The summed E-state index contributed by atoms with van der Waals surface area (Å²) in [6.45, 7) is 1.85. The number of hydrogen-bond donors (Lipinski definition) is 1. The Morgan fingerprint density at radius 1 is 1.09 bits per heavy atom. The van der Waals surface area contributed by atoms with E-state index in [1.807, 2.05) is 6.92 Å². The van der Waals surface area contributed by atoms with Gasteiger partial charge < -0.3 is 5.32 Å². The maximum absolute atomic E-state index is 12.8. The monoisotopic (exact) mass is 336 g/mol. The predicted octanol–water partition coefficient (Wildman–Crippen LogP) is 5.96. The third-order valence-corrected chi connectivity index (χ3v) is 3.98. The smallest absolute Gasteiger partial charge is 0.355 e. The highest BCUT2D eigenvalue weighted by atomic mass is 35.5. The summed E-state index contributed by atoms with van der Waals surface area (Å²) in [4.78, 5) is 4.30. The molecule has 0 unspecified atom stereocenters. The Morgan fingerprint density at radius 2 is 1.87 bits per heavy atom. The van der Waals surface area contributed by atoms with Gasteiger partial charge in [0.05, 0.1) is 11.1 Å². The first-order valence-electron chi connectivity index (χ1n) is 6.84. The van der Waals surface area contributed by atoms with Gasteiger partial charge in [0.15, 0.2) is 0 Å². The lowest BCUT2D eigenvalue weighted by molar-refractivity contribution is -0.137.